The SMILES string of the molecule is COc1ccc(CN2C(=O)N[C@@H](CCC(=O)N(C)C[C@@H]3CCCN4CCCC[C@H]34)C2=O)cc1. The van der Waals surface area contributed by atoms with Crippen LogP contribution in [0.4, 0.5) is 4.79 Å². The summed E-state index contributed by atoms with van der Waals surface area (Å²) in [5.41, 5.74) is 0.847. The van der Waals surface area contributed by atoms with E-state index in [1.165, 1.54) is 50.1 Å². The number of rotatable bonds is 8. The second-order valence-electron chi connectivity index (χ2n) is 9.59. The molecule has 0 aromatic heterocycles. The summed E-state index contributed by atoms with van der Waals surface area (Å²) in [5.74, 6) is 1.02. The van der Waals surface area contributed by atoms with Crippen molar-refractivity contribution in [2.45, 2.75) is 63.6 Å². The number of ether oxygens (including phenoxy) is 1. The van der Waals surface area contributed by atoms with Gasteiger partial charge in [-0.05, 0) is 68.8 Å². The van der Waals surface area contributed by atoms with Gasteiger partial charge in [-0.1, -0.05) is 18.6 Å². The summed E-state index contributed by atoms with van der Waals surface area (Å²) in [6.07, 6.45) is 6.77. The summed E-state index contributed by atoms with van der Waals surface area (Å²) in [4.78, 5) is 43.6. The normalized spacial score (nSPS) is 25.5. The number of methoxy groups -OCH3 is 1. The molecule has 0 radical (unpaired) electrons. The number of nitrogens with zero attached hydrogens (tertiary/aromatic N) is 3. The van der Waals surface area contributed by atoms with E-state index in [1.54, 1.807) is 19.2 Å². The first-order chi connectivity index (χ1) is 16.0. The molecular formula is C25H36N4O4. The van der Waals surface area contributed by atoms with Crippen LogP contribution in [0.3, 0.4) is 0 Å². The van der Waals surface area contributed by atoms with Crippen LogP contribution in [0.25, 0.3) is 0 Å². The number of piperidine rings is 2. The van der Waals surface area contributed by atoms with Crippen molar-refractivity contribution >= 4 is 17.8 Å². The van der Waals surface area contributed by atoms with E-state index < -0.39 is 12.1 Å². The zero-order valence-corrected chi connectivity index (χ0v) is 19.8. The molecule has 3 atom stereocenters. The van der Waals surface area contributed by atoms with Gasteiger partial charge in [-0.2, -0.15) is 0 Å². The highest BCUT2D eigenvalue weighted by atomic mass is 16.5. The third-order valence-electron chi connectivity index (χ3n) is 7.42. The van der Waals surface area contributed by atoms with E-state index in [2.05, 4.69) is 10.2 Å². The highest BCUT2D eigenvalue weighted by Gasteiger charge is 2.38. The first kappa shape index (κ1) is 23.5. The number of fused-ring (bicyclic) bond motifs is 1. The zero-order valence-electron chi connectivity index (χ0n) is 19.8. The molecule has 1 aromatic rings. The lowest BCUT2D eigenvalue weighted by molar-refractivity contribution is -0.132. The van der Waals surface area contributed by atoms with Gasteiger partial charge in [0.2, 0.25) is 5.91 Å². The van der Waals surface area contributed by atoms with E-state index in [0.29, 0.717) is 18.4 Å². The van der Waals surface area contributed by atoms with Gasteiger partial charge in [0, 0.05) is 26.1 Å². The van der Waals surface area contributed by atoms with Gasteiger partial charge in [0.15, 0.2) is 0 Å². The third-order valence-corrected chi connectivity index (χ3v) is 7.42. The molecule has 0 aliphatic carbocycles. The fourth-order valence-electron chi connectivity index (χ4n) is 5.54. The van der Waals surface area contributed by atoms with Crippen molar-refractivity contribution in [3.63, 3.8) is 0 Å². The number of urea groups is 1. The van der Waals surface area contributed by atoms with Crippen molar-refractivity contribution in [2.24, 2.45) is 5.92 Å². The highest BCUT2D eigenvalue weighted by Crippen LogP contribution is 2.31. The quantitative estimate of drug-likeness (QED) is 0.608. The van der Waals surface area contributed by atoms with E-state index in [4.69, 9.17) is 4.74 Å². The predicted octanol–water partition coefficient (Wildman–Crippen LogP) is 2.62. The lowest BCUT2D eigenvalue weighted by Gasteiger charge is -2.45. The first-order valence-electron chi connectivity index (χ1n) is 12.2. The molecule has 3 heterocycles. The smallest absolute Gasteiger partial charge is 0.325 e. The average molecular weight is 457 g/mol. The summed E-state index contributed by atoms with van der Waals surface area (Å²) < 4.78 is 5.15. The first-order valence-corrected chi connectivity index (χ1v) is 12.2. The van der Waals surface area contributed by atoms with Crippen molar-refractivity contribution < 1.29 is 19.1 Å². The summed E-state index contributed by atoms with van der Waals surface area (Å²) in [6.45, 7) is 3.36. The molecule has 3 fully saturated rings. The predicted molar refractivity (Wildman–Crippen MR) is 125 cm³/mol. The Morgan fingerprint density at radius 3 is 2.64 bits per heavy atom. The monoisotopic (exact) mass is 456 g/mol. The Kier molecular flexibility index (Phi) is 7.53. The van der Waals surface area contributed by atoms with Gasteiger partial charge in [-0.25, -0.2) is 4.79 Å². The fraction of sp³-hybridized carbons (Fsp3) is 0.640. The van der Waals surface area contributed by atoms with Crippen LogP contribution < -0.4 is 10.1 Å². The lowest BCUT2D eigenvalue weighted by Crippen LogP contribution is -2.51. The number of amides is 4. The molecule has 1 N–H and O–H groups in total. The van der Waals surface area contributed by atoms with Crippen LogP contribution in [0.1, 0.15) is 50.5 Å². The standard InChI is InChI=1S/C25H36N4O4/c1-27(17-19-6-5-15-28-14-4-3-7-22(19)28)23(30)13-12-21-24(31)29(25(32)26-21)16-18-8-10-20(33-2)11-9-18/h8-11,19,21-22H,3-7,12-17H2,1-2H3,(H,26,32)/t19-,21-,22+/m0/s1. The van der Waals surface area contributed by atoms with Crippen molar-refractivity contribution in [3.8, 4) is 5.75 Å². The number of carbonyl (C=O) groups excluding carboxylic acids is 3. The second-order valence-corrected chi connectivity index (χ2v) is 9.59. The number of benzene rings is 1. The molecule has 4 rings (SSSR count). The van der Waals surface area contributed by atoms with E-state index in [-0.39, 0.29) is 24.8 Å². The van der Waals surface area contributed by atoms with Crippen LogP contribution >= 0.6 is 0 Å². The minimum absolute atomic E-state index is 0.0404. The Morgan fingerprint density at radius 2 is 1.88 bits per heavy atom. The summed E-state index contributed by atoms with van der Waals surface area (Å²) >= 11 is 0. The van der Waals surface area contributed by atoms with Crippen LogP contribution in [-0.4, -0.2) is 78.4 Å². The number of nitrogens with one attached hydrogen (secondary N) is 1. The van der Waals surface area contributed by atoms with Gasteiger partial charge in [0.1, 0.15) is 11.8 Å². The summed E-state index contributed by atoms with van der Waals surface area (Å²) in [5, 5.41) is 2.74. The maximum absolute atomic E-state index is 12.8. The molecule has 180 valence electrons. The Morgan fingerprint density at radius 1 is 1.12 bits per heavy atom. The minimum Gasteiger partial charge on any atom is -0.497 e. The van der Waals surface area contributed by atoms with Gasteiger partial charge in [-0.15, -0.1) is 0 Å². The largest absolute Gasteiger partial charge is 0.497 e. The van der Waals surface area contributed by atoms with Crippen molar-refractivity contribution in [3.05, 3.63) is 29.8 Å². The van der Waals surface area contributed by atoms with Crippen LogP contribution in [0.2, 0.25) is 0 Å². The molecule has 0 bridgehead atoms. The summed E-state index contributed by atoms with van der Waals surface area (Å²) in [7, 11) is 3.46. The molecular weight excluding hydrogens is 420 g/mol. The van der Waals surface area contributed by atoms with E-state index in [1.807, 2.05) is 24.1 Å². The van der Waals surface area contributed by atoms with Gasteiger partial charge in [-0.3, -0.25) is 14.5 Å². The average Bonchev–Trinajstić information content (AvgIpc) is 3.10. The van der Waals surface area contributed by atoms with E-state index in [0.717, 1.165) is 17.9 Å². The summed E-state index contributed by atoms with van der Waals surface area (Å²) in [6, 6.07) is 6.84. The second kappa shape index (κ2) is 10.5. The van der Waals surface area contributed by atoms with E-state index in [9.17, 15) is 14.4 Å². The van der Waals surface area contributed by atoms with Crippen LogP contribution in [0, 0.1) is 5.92 Å². The van der Waals surface area contributed by atoms with Crippen LogP contribution in [0.5, 0.6) is 5.75 Å². The molecule has 3 aliphatic rings. The maximum Gasteiger partial charge on any atom is 0.325 e. The number of hydrogen-bond acceptors (Lipinski definition) is 5. The maximum atomic E-state index is 12.8. The Balaban J connectivity index is 1.26. The molecule has 0 saturated carbocycles. The van der Waals surface area contributed by atoms with Crippen LogP contribution in [-0.2, 0) is 16.1 Å². The molecule has 4 amide bonds. The fourth-order valence-corrected chi connectivity index (χ4v) is 5.54. The molecule has 8 heteroatoms. The third kappa shape index (κ3) is 5.49. The van der Waals surface area contributed by atoms with Crippen molar-refractivity contribution in [2.75, 3.05) is 33.8 Å². The lowest BCUT2D eigenvalue weighted by atomic mass is 9.83. The molecule has 33 heavy (non-hydrogen) atoms. The molecule has 8 nitrogen and oxygen atoms in total. The molecule has 3 aliphatic heterocycles. The van der Waals surface area contributed by atoms with Crippen molar-refractivity contribution in [1.29, 1.82) is 0 Å². The number of carbonyl (C=O) groups is 3. The molecule has 0 unspecified atom stereocenters. The zero-order chi connectivity index (χ0) is 23.4. The minimum atomic E-state index is -0.642. The number of hydrogen-bond donors (Lipinski definition) is 1. The molecule has 3 saturated heterocycles. The Hall–Kier alpha value is -2.61. The Labute approximate surface area is 196 Å². The van der Waals surface area contributed by atoms with E-state index >= 15 is 0 Å². The van der Waals surface area contributed by atoms with Gasteiger partial charge in [0.05, 0.1) is 13.7 Å². The molecule has 1 aromatic carbocycles. The van der Waals surface area contributed by atoms with Crippen LogP contribution in [0.15, 0.2) is 24.3 Å². The van der Waals surface area contributed by atoms with Gasteiger partial charge in [0.25, 0.3) is 5.91 Å². The highest BCUT2D eigenvalue weighted by molar-refractivity contribution is 6.04. The van der Waals surface area contributed by atoms with Gasteiger partial charge < -0.3 is 19.9 Å². The topological polar surface area (TPSA) is 82.2 Å². The Bertz CT molecular complexity index is 856. The van der Waals surface area contributed by atoms with Crippen molar-refractivity contribution in [1.82, 2.24) is 20.0 Å². The molecule has 0 spiro atoms. The van der Waals surface area contributed by atoms with Gasteiger partial charge >= 0.3 is 6.03 Å². The number of imide groups is 1.